The maximum Gasteiger partial charge on any atom is 0.234 e. The zero-order valence-corrected chi connectivity index (χ0v) is 12.1. The van der Waals surface area contributed by atoms with Crippen LogP contribution in [0.3, 0.4) is 0 Å². The largest absolute Gasteiger partial charge is 0.492 e. The van der Waals surface area contributed by atoms with Crippen LogP contribution in [0.1, 0.15) is 18.4 Å². The number of rotatable bonds is 6. The highest BCUT2D eigenvalue weighted by molar-refractivity contribution is 7.80. The minimum atomic E-state index is -0.252. The first kappa shape index (κ1) is 14.7. The molecule has 6 heteroatoms. The minimum Gasteiger partial charge on any atom is -0.492 e. The molecule has 5 nitrogen and oxygen atoms in total. The lowest BCUT2D eigenvalue weighted by Gasteiger charge is -2.21. The third kappa shape index (κ3) is 3.68. The second-order valence-corrected chi connectivity index (χ2v) is 5.28. The fourth-order valence-electron chi connectivity index (χ4n) is 2.44. The molecule has 1 aromatic carbocycles. The summed E-state index contributed by atoms with van der Waals surface area (Å²) in [4.78, 5) is 13.7. The summed E-state index contributed by atoms with van der Waals surface area (Å²) in [6.45, 7) is 2.08. The van der Waals surface area contributed by atoms with Gasteiger partial charge in [-0.1, -0.05) is 24.4 Å². The number of thiocarbonyl (C=S) groups is 1. The summed E-state index contributed by atoms with van der Waals surface area (Å²) >= 11 is 4.93. The molecule has 0 radical (unpaired) electrons. The Hall–Kier alpha value is -1.66. The topological polar surface area (TPSA) is 81.6 Å². The Bertz CT molecular complexity index is 507. The Kier molecular flexibility index (Phi) is 4.92. The lowest BCUT2D eigenvalue weighted by Crippen LogP contribution is -2.42. The van der Waals surface area contributed by atoms with Gasteiger partial charge in [0, 0.05) is 12.1 Å². The summed E-state index contributed by atoms with van der Waals surface area (Å²) in [5.74, 6) is 0.475. The molecule has 0 saturated carbocycles. The average Bonchev–Trinajstić information content (AvgIpc) is 2.87. The van der Waals surface area contributed by atoms with Crippen LogP contribution in [0.5, 0.6) is 5.75 Å². The average molecular weight is 293 g/mol. The normalized spacial score (nSPS) is 18.9. The van der Waals surface area contributed by atoms with E-state index in [1.54, 1.807) is 0 Å². The first-order chi connectivity index (χ1) is 9.58. The number of benzene rings is 1. The first-order valence-corrected chi connectivity index (χ1v) is 7.05. The van der Waals surface area contributed by atoms with Crippen molar-refractivity contribution in [3.05, 3.63) is 29.8 Å². The van der Waals surface area contributed by atoms with Gasteiger partial charge in [0.1, 0.15) is 17.3 Å². The molecule has 2 rings (SSSR count). The Morgan fingerprint density at radius 1 is 1.45 bits per heavy atom. The molecule has 20 heavy (non-hydrogen) atoms. The van der Waals surface area contributed by atoms with Crippen molar-refractivity contribution in [1.82, 2.24) is 4.90 Å². The number of primary amides is 1. The molecule has 4 N–H and O–H groups in total. The van der Waals surface area contributed by atoms with Crippen LogP contribution in [-0.2, 0) is 4.79 Å². The fraction of sp³-hybridized carbons (Fsp3) is 0.429. The molecule has 108 valence electrons. The molecule has 1 aromatic rings. The van der Waals surface area contributed by atoms with E-state index < -0.39 is 0 Å². The number of hydrogen-bond donors (Lipinski definition) is 2. The van der Waals surface area contributed by atoms with Gasteiger partial charge in [0.2, 0.25) is 5.91 Å². The van der Waals surface area contributed by atoms with Crippen molar-refractivity contribution in [2.45, 2.75) is 18.9 Å². The highest BCUT2D eigenvalue weighted by Gasteiger charge is 2.28. The number of nitrogens with two attached hydrogens (primary N) is 2. The van der Waals surface area contributed by atoms with E-state index in [0.29, 0.717) is 18.1 Å². The third-order valence-electron chi connectivity index (χ3n) is 3.46. The lowest BCUT2D eigenvalue weighted by atomic mass is 10.2. The monoisotopic (exact) mass is 293 g/mol. The Balaban J connectivity index is 1.85. The van der Waals surface area contributed by atoms with Gasteiger partial charge in [0.05, 0.1) is 6.04 Å². The van der Waals surface area contributed by atoms with E-state index >= 15 is 0 Å². The standard InChI is InChI=1S/C14H19N3O2S/c15-13(18)12-5-2-6-17(12)7-8-19-11-4-1-3-10(9-11)14(16)20/h1,3-4,9,12H,2,5-8H2,(H2,15,18)(H2,16,20). The van der Waals surface area contributed by atoms with Crippen molar-refractivity contribution in [1.29, 1.82) is 0 Å². The number of nitrogens with zero attached hydrogens (tertiary/aromatic N) is 1. The summed E-state index contributed by atoms with van der Waals surface area (Å²) in [6.07, 6.45) is 1.84. The fourth-order valence-corrected chi connectivity index (χ4v) is 2.56. The second-order valence-electron chi connectivity index (χ2n) is 4.84. The van der Waals surface area contributed by atoms with E-state index in [4.69, 9.17) is 28.4 Å². The van der Waals surface area contributed by atoms with Gasteiger partial charge in [-0.25, -0.2) is 0 Å². The molecule has 0 aromatic heterocycles. The van der Waals surface area contributed by atoms with Gasteiger partial charge < -0.3 is 16.2 Å². The number of likely N-dealkylation sites (tertiary alicyclic amines) is 1. The molecule has 1 unspecified atom stereocenters. The highest BCUT2D eigenvalue weighted by Crippen LogP contribution is 2.17. The van der Waals surface area contributed by atoms with Crippen LogP contribution in [-0.4, -0.2) is 41.5 Å². The van der Waals surface area contributed by atoms with Crippen molar-refractivity contribution in [2.24, 2.45) is 11.5 Å². The third-order valence-corrected chi connectivity index (χ3v) is 3.69. The molecule has 1 aliphatic rings. The van der Waals surface area contributed by atoms with Crippen molar-refractivity contribution in [3.63, 3.8) is 0 Å². The number of amides is 1. The SMILES string of the molecule is NC(=O)C1CCCN1CCOc1cccc(C(N)=S)c1. The van der Waals surface area contributed by atoms with E-state index in [0.717, 1.165) is 30.7 Å². The number of carbonyl (C=O) groups excluding carboxylic acids is 1. The van der Waals surface area contributed by atoms with Gasteiger partial charge in [0.15, 0.2) is 0 Å². The summed E-state index contributed by atoms with van der Waals surface area (Å²) in [6, 6.07) is 7.22. The summed E-state index contributed by atoms with van der Waals surface area (Å²) in [5.41, 5.74) is 11.7. The van der Waals surface area contributed by atoms with Crippen molar-refractivity contribution < 1.29 is 9.53 Å². The zero-order valence-electron chi connectivity index (χ0n) is 11.2. The van der Waals surface area contributed by atoms with E-state index in [1.807, 2.05) is 24.3 Å². The molecule has 0 spiro atoms. The van der Waals surface area contributed by atoms with Gasteiger partial charge in [0.25, 0.3) is 0 Å². The van der Waals surface area contributed by atoms with Gasteiger partial charge >= 0.3 is 0 Å². The van der Waals surface area contributed by atoms with Gasteiger partial charge in [-0.15, -0.1) is 0 Å². The summed E-state index contributed by atoms with van der Waals surface area (Å²) < 4.78 is 5.68. The molecule has 0 bridgehead atoms. The number of ether oxygens (including phenoxy) is 1. The van der Waals surface area contributed by atoms with Gasteiger partial charge in [-0.05, 0) is 31.5 Å². The molecular formula is C14H19N3O2S. The van der Waals surface area contributed by atoms with Gasteiger partial charge in [-0.3, -0.25) is 9.69 Å². The maximum absolute atomic E-state index is 11.3. The van der Waals surface area contributed by atoms with E-state index in [2.05, 4.69) is 4.90 Å². The highest BCUT2D eigenvalue weighted by atomic mass is 32.1. The van der Waals surface area contributed by atoms with Crippen LogP contribution in [0.15, 0.2) is 24.3 Å². The van der Waals surface area contributed by atoms with E-state index in [1.165, 1.54) is 0 Å². The zero-order chi connectivity index (χ0) is 14.5. The molecule has 1 heterocycles. The van der Waals surface area contributed by atoms with Crippen LogP contribution in [0.4, 0.5) is 0 Å². The van der Waals surface area contributed by atoms with Crippen LogP contribution in [0.2, 0.25) is 0 Å². The first-order valence-electron chi connectivity index (χ1n) is 6.64. The van der Waals surface area contributed by atoms with Crippen LogP contribution >= 0.6 is 12.2 Å². The Labute approximate surface area is 123 Å². The van der Waals surface area contributed by atoms with Gasteiger partial charge in [-0.2, -0.15) is 0 Å². The maximum atomic E-state index is 11.3. The molecule has 1 saturated heterocycles. The molecule has 1 atom stereocenters. The molecule has 1 amide bonds. The smallest absolute Gasteiger partial charge is 0.234 e. The number of carbonyl (C=O) groups is 1. The van der Waals surface area contributed by atoms with Crippen LogP contribution in [0.25, 0.3) is 0 Å². The molecule has 1 fully saturated rings. The van der Waals surface area contributed by atoms with Crippen molar-refractivity contribution in [3.8, 4) is 5.75 Å². The van der Waals surface area contributed by atoms with Crippen molar-refractivity contribution >= 4 is 23.1 Å². The summed E-state index contributed by atoms with van der Waals surface area (Å²) in [7, 11) is 0. The summed E-state index contributed by atoms with van der Waals surface area (Å²) in [5, 5.41) is 0. The Morgan fingerprint density at radius 2 is 2.25 bits per heavy atom. The Morgan fingerprint density at radius 3 is 2.95 bits per heavy atom. The molecular weight excluding hydrogens is 274 g/mol. The second kappa shape index (κ2) is 6.67. The minimum absolute atomic E-state index is 0.151. The van der Waals surface area contributed by atoms with Crippen LogP contribution in [0, 0.1) is 0 Å². The van der Waals surface area contributed by atoms with Crippen molar-refractivity contribution in [2.75, 3.05) is 19.7 Å². The molecule has 1 aliphatic heterocycles. The van der Waals surface area contributed by atoms with Crippen LogP contribution < -0.4 is 16.2 Å². The van der Waals surface area contributed by atoms with E-state index in [-0.39, 0.29) is 11.9 Å². The number of hydrogen-bond acceptors (Lipinski definition) is 4. The van der Waals surface area contributed by atoms with E-state index in [9.17, 15) is 4.79 Å². The quantitative estimate of drug-likeness (QED) is 0.753. The lowest BCUT2D eigenvalue weighted by molar-refractivity contribution is -0.122. The predicted octanol–water partition coefficient (Wildman–Crippen LogP) is 0.649. The predicted molar refractivity (Wildman–Crippen MR) is 81.6 cm³/mol. The molecule has 0 aliphatic carbocycles.